The van der Waals surface area contributed by atoms with Crippen LogP contribution in [0.25, 0.3) is 22.2 Å². The van der Waals surface area contributed by atoms with Gasteiger partial charge in [-0.05, 0) is 74.4 Å². The predicted molar refractivity (Wildman–Crippen MR) is 130 cm³/mol. The van der Waals surface area contributed by atoms with Crippen molar-refractivity contribution in [1.29, 1.82) is 0 Å². The van der Waals surface area contributed by atoms with Gasteiger partial charge in [0.15, 0.2) is 5.52 Å². The number of fused-ring (bicyclic) bond motifs is 4. The van der Waals surface area contributed by atoms with E-state index in [0.717, 1.165) is 11.5 Å². The molecule has 1 aliphatic heterocycles. The van der Waals surface area contributed by atoms with E-state index in [9.17, 15) is 0 Å². The lowest BCUT2D eigenvalue weighted by Crippen LogP contribution is -2.40. The smallest absolute Gasteiger partial charge is 0.212 e. The Kier molecular flexibility index (Phi) is 4.14. The topological polar surface area (TPSA) is 20.8 Å². The van der Waals surface area contributed by atoms with Gasteiger partial charge in [-0.1, -0.05) is 66.0 Å². The van der Waals surface area contributed by atoms with Crippen molar-refractivity contribution in [2.45, 2.75) is 51.5 Å². The van der Waals surface area contributed by atoms with Crippen LogP contribution in [0.2, 0.25) is 0 Å². The van der Waals surface area contributed by atoms with Gasteiger partial charge in [-0.2, -0.15) is 4.58 Å². The Morgan fingerprint density at radius 3 is 2.35 bits per heavy atom. The van der Waals surface area contributed by atoms with Gasteiger partial charge in [-0.3, -0.25) is 0 Å². The van der Waals surface area contributed by atoms with E-state index < -0.39 is 0 Å². The summed E-state index contributed by atoms with van der Waals surface area (Å²) < 4.78 is 5.01. The molecular formula is C28H28N3+. The Morgan fingerprint density at radius 2 is 1.55 bits per heavy atom. The summed E-state index contributed by atoms with van der Waals surface area (Å²) in [6, 6.07) is 26.1. The molecule has 1 aliphatic carbocycles. The van der Waals surface area contributed by atoms with E-state index in [-0.39, 0.29) is 5.54 Å². The Labute approximate surface area is 183 Å². The van der Waals surface area contributed by atoms with Gasteiger partial charge in [0.2, 0.25) is 0 Å². The van der Waals surface area contributed by atoms with E-state index in [2.05, 4.69) is 95.8 Å². The van der Waals surface area contributed by atoms with Crippen molar-refractivity contribution in [2.24, 2.45) is 0 Å². The van der Waals surface area contributed by atoms with Gasteiger partial charge < -0.3 is 0 Å². The van der Waals surface area contributed by atoms with E-state index in [1.807, 2.05) is 0 Å². The molecule has 0 amide bonds. The van der Waals surface area contributed by atoms with Crippen LogP contribution in [-0.4, -0.2) is 15.3 Å². The van der Waals surface area contributed by atoms with Crippen LogP contribution in [0.3, 0.4) is 0 Å². The van der Waals surface area contributed by atoms with Gasteiger partial charge >= 0.3 is 5.95 Å². The van der Waals surface area contributed by atoms with Crippen LogP contribution in [0.4, 0.5) is 11.6 Å². The molecule has 0 N–H and O–H groups in total. The van der Waals surface area contributed by atoms with Crippen molar-refractivity contribution in [1.82, 2.24) is 14.1 Å². The highest BCUT2D eigenvalue weighted by Crippen LogP contribution is 2.47. The normalized spacial score (nSPS) is 17.5. The first-order valence-electron chi connectivity index (χ1n) is 11.5. The Balaban J connectivity index is 1.63. The zero-order chi connectivity index (χ0) is 21.0. The van der Waals surface area contributed by atoms with Crippen LogP contribution in [0.5, 0.6) is 0 Å². The number of hydrogen-bond acceptors (Lipinski definition) is 1. The van der Waals surface area contributed by atoms with Gasteiger partial charge in [0.25, 0.3) is 0 Å². The minimum atomic E-state index is 0.0406. The second-order valence-electron chi connectivity index (χ2n) is 9.12. The van der Waals surface area contributed by atoms with Crippen LogP contribution in [-0.2, 0) is 5.54 Å². The van der Waals surface area contributed by atoms with Crippen molar-refractivity contribution in [2.75, 3.05) is 0 Å². The first-order valence-corrected chi connectivity index (χ1v) is 11.5. The van der Waals surface area contributed by atoms with Crippen LogP contribution < -0.4 is 4.58 Å². The Morgan fingerprint density at radius 1 is 0.806 bits per heavy atom. The van der Waals surface area contributed by atoms with Crippen LogP contribution in [0, 0.1) is 6.92 Å². The standard InChI is InChI=1S/C28H28N3/c1-20-15-16-23(22-11-5-3-6-12-22)19-26(20)30-21(2)28(17-9-4-10-18-28)31-25-14-8-7-13-24(25)29-27(30)31/h3,5-8,11-16,19H,4,9-10,17-18H2,1-2H3/q+1. The highest BCUT2D eigenvalue weighted by atomic mass is 15.3. The lowest BCUT2D eigenvalue weighted by Gasteiger charge is -2.32. The lowest BCUT2D eigenvalue weighted by molar-refractivity contribution is 0.298. The summed E-state index contributed by atoms with van der Waals surface area (Å²) in [4.78, 5) is 5.16. The first kappa shape index (κ1) is 18.6. The molecule has 0 radical (unpaired) electrons. The SMILES string of the molecule is CC1=[N+](c2cc(-c3ccccc3)ccc2C)c2nc3ccccc3n2C12CCCCC2. The number of benzene rings is 3. The molecule has 2 aliphatic rings. The highest BCUT2D eigenvalue weighted by Gasteiger charge is 2.52. The fourth-order valence-electron chi connectivity index (χ4n) is 5.78. The molecule has 3 nitrogen and oxygen atoms in total. The molecular weight excluding hydrogens is 378 g/mol. The van der Waals surface area contributed by atoms with Gasteiger partial charge in [0, 0.05) is 0 Å². The molecule has 6 rings (SSSR count). The maximum atomic E-state index is 5.16. The highest BCUT2D eigenvalue weighted by molar-refractivity contribution is 6.00. The van der Waals surface area contributed by atoms with Gasteiger partial charge in [-0.25, -0.2) is 4.57 Å². The molecule has 1 aromatic heterocycles. The van der Waals surface area contributed by atoms with E-state index >= 15 is 0 Å². The largest absolute Gasteiger partial charge is 0.405 e. The predicted octanol–water partition coefficient (Wildman–Crippen LogP) is 6.98. The molecule has 0 atom stereocenters. The molecule has 1 saturated carbocycles. The summed E-state index contributed by atoms with van der Waals surface area (Å²) in [6.45, 7) is 4.56. The quantitative estimate of drug-likeness (QED) is 0.329. The molecule has 0 saturated heterocycles. The molecule has 2 heterocycles. The Bertz CT molecular complexity index is 1320. The fourth-order valence-corrected chi connectivity index (χ4v) is 5.78. The fraction of sp³-hybridized carbons (Fsp3) is 0.286. The third-order valence-electron chi connectivity index (χ3n) is 7.42. The van der Waals surface area contributed by atoms with E-state index in [1.54, 1.807) is 0 Å². The molecule has 0 bridgehead atoms. The van der Waals surface area contributed by atoms with E-state index in [0.29, 0.717) is 0 Å². The van der Waals surface area contributed by atoms with Crippen molar-refractivity contribution in [3.8, 4) is 11.1 Å². The molecule has 0 unspecified atom stereocenters. The van der Waals surface area contributed by atoms with Gasteiger partial charge in [0.05, 0.1) is 5.71 Å². The summed E-state index contributed by atoms with van der Waals surface area (Å²) in [5.41, 5.74) is 8.86. The first-order chi connectivity index (χ1) is 15.2. The second-order valence-corrected chi connectivity index (χ2v) is 9.12. The number of aryl methyl sites for hydroxylation is 1. The van der Waals surface area contributed by atoms with Crippen LogP contribution in [0.15, 0.2) is 72.8 Å². The summed E-state index contributed by atoms with van der Waals surface area (Å²) in [5.74, 6) is 1.08. The van der Waals surface area contributed by atoms with Gasteiger partial charge in [0.1, 0.15) is 16.7 Å². The van der Waals surface area contributed by atoms with E-state index in [1.165, 1.54) is 65.7 Å². The summed E-state index contributed by atoms with van der Waals surface area (Å²) in [7, 11) is 0. The van der Waals surface area contributed by atoms with Crippen molar-refractivity contribution >= 4 is 28.4 Å². The number of imidazole rings is 1. The van der Waals surface area contributed by atoms with Crippen molar-refractivity contribution in [3.63, 3.8) is 0 Å². The minimum Gasteiger partial charge on any atom is -0.212 e. The number of para-hydroxylation sites is 2. The monoisotopic (exact) mass is 406 g/mol. The number of nitrogens with zero attached hydrogens (tertiary/aromatic N) is 3. The summed E-state index contributed by atoms with van der Waals surface area (Å²) >= 11 is 0. The van der Waals surface area contributed by atoms with Crippen LogP contribution >= 0.6 is 0 Å². The van der Waals surface area contributed by atoms with Crippen LogP contribution in [0.1, 0.15) is 44.6 Å². The molecule has 1 spiro atoms. The Hall–Kier alpha value is -3.20. The molecule has 4 aromatic rings. The average molecular weight is 407 g/mol. The third-order valence-corrected chi connectivity index (χ3v) is 7.42. The summed E-state index contributed by atoms with van der Waals surface area (Å²) in [5, 5.41) is 0. The number of hydrogen-bond donors (Lipinski definition) is 0. The molecule has 31 heavy (non-hydrogen) atoms. The molecule has 1 fully saturated rings. The number of rotatable bonds is 2. The maximum absolute atomic E-state index is 5.16. The molecule has 3 aromatic carbocycles. The zero-order valence-corrected chi connectivity index (χ0v) is 18.3. The minimum absolute atomic E-state index is 0.0406. The average Bonchev–Trinajstić information content (AvgIpc) is 3.30. The zero-order valence-electron chi connectivity index (χ0n) is 18.3. The van der Waals surface area contributed by atoms with E-state index in [4.69, 9.17) is 4.98 Å². The maximum Gasteiger partial charge on any atom is 0.405 e. The summed E-state index contributed by atoms with van der Waals surface area (Å²) in [6.07, 6.45) is 6.28. The van der Waals surface area contributed by atoms with Gasteiger partial charge in [-0.15, -0.1) is 0 Å². The van der Waals surface area contributed by atoms with Crippen molar-refractivity contribution < 1.29 is 0 Å². The number of aromatic nitrogens is 2. The van der Waals surface area contributed by atoms with Crippen molar-refractivity contribution in [3.05, 3.63) is 78.4 Å². The molecule has 3 heteroatoms. The lowest BCUT2D eigenvalue weighted by atomic mass is 9.78. The third kappa shape index (κ3) is 2.65. The molecule has 154 valence electrons. The second kappa shape index (κ2) is 6.91.